The molecule has 0 aliphatic heterocycles. The van der Waals surface area contributed by atoms with E-state index < -0.39 is 0 Å². The Labute approximate surface area is 215 Å². The molecule has 5 aromatic rings. The van der Waals surface area contributed by atoms with Gasteiger partial charge >= 0.3 is 0 Å². The van der Waals surface area contributed by atoms with Crippen LogP contribution in [0.25, 0.3) is 39.1 Å². The molecular weight excluding hydrogens is 464 g/mol. The fraction of sp³-hybridized carbons (Fsp3) is 0.207. The van der Waals surface area contributed by atoms with Crippen LogP contribution in [0, 0.1) is 6.92 Å². The third kappa shape index (κ3) is 4.94. The lowest BCUT2D eigenvalue weighted by atomic mass is 10.0. The van der Waals surface area contributed by atoms with Gasteiger partial charge in [-0.15, -0.1) is 0 Å². The van der Waals surface area contributed by atoms with Crippen LogP contribution in [0.2, 0.25) is 0 Å². The summed E-state index contributed by atoms with van der Waals surface area (Å²) in [6.07, 6.45) is 9.83. The van der Waals surface area contributed by atoms with Crippen molar-refractivity contribution >= 4 is 27.8 Å². The van der Waals surface area contributed by atoms with E-state index in [1.54, 1.807) is 17.4 Å². The highest BCUT2D eigenvalue weighted by Gasteiger charge is 2.18. The van der Waals surface area contributed by atoms with Crippen LogP contribution in [0.4, 0.5) is 0 Å². The predicted molar refractivity (Wildman–Crippen MR) is 150 cm³/mol. The number of hydrogen-bond donors (Lipinski definition) is 2. The van der Waals surface area contributed by atoms with Gasteiger partial charge in [0, 0.05) is 34.6 Å². The lowest BCUT2D eigenvalue weighted by molar-refractivity contribution is 0.400. The molecule has 7 heteroatoms. The predicted octanol–water partition coefficient (Wildman–Crippen LogP) is 6.50. The Hall–Kier alpha value is -3.81. The van der Waals surface area contributed by atoms with Gasteiger partial charge in [0.15, 0.2) is 5.82 Å². The minimum Gasteiger partial charge on any atom is -0.340 e. The SMILES string of the molecule is C=C/C=C(/c1ccsc1)c1nc(-c2n[nH]c3ccc(-c4cncc(CCCN(C)C)c4)cc23)[nH]c1C. The molecule has 4 heterocycles. The van der Waals surface area contributed by atoms with Gasteiger partial charge in [-0.1, -0.05) is 24.8 Å². The van der Waals surface area contributed by atoms with E-state index in [0.717, 1.165) is 75.5 Å². The number of allylic oxidation sites excluding steroid dienone is 2. The lowest BCUT2D eigenvalue weighted by Crippen LogP contribution is -2.13. The monoisotopic (exact) mass is 494 g/mol. The van der Waals surface area contributed by atoms with E-state index in [2.05, 4.69) is 86.8 Å². The normalized spacial score (nSPS) is 12.1. The molecule has 0 saturated heterocycles. The maximum absolute atomic E-state index is 4.98. The number of H-pyrrole nitrogens is 2. The molecule has 36 heavy (non-hydrogen) atoms. The molecule has 0 fully saturated rings. The molecule has 1 aromatic carbocycles. The highest BCUT2D eigenvalue weighted by molar-refractivity contribution is 7.08. The standard InChI is InChI=1S/C29H30N6S/c1-5-7-24(22-11-13-36-18-22)27-19(2)31-29(32-27)28-25-15-21(9-10-26(25)33-34-28)23-14-20(16-30-17-23)8-6-12-35(3)4/h5,7,9-11,13-18H,1,6,8,12H2,2-4H3,(H,31,32)(H,33,34)/b24-7-. The van der Waals surface area contributed by atoms with Gasteiger partial charge in [-0.05, 0) is 92.1 Å². The Bertz CT molecular complexity index is 1520. The van der Waals surface area contributed by atoms with Crippen LogP contribution in [0.1, 0.15) is 28.9 Å². The molecule has 6 nitrogen and oxygen atoms in total. The Balaban J connectivity index is 1.50. The average Bonchev–Trinajstić information content (AvgIpc) is 3.62. The van der Waals surface area contributed by atoms with Crippen molar-refractivity contribution in [2.24, 2.45) is 0 Å². The summed E-state index contributed by atoms with van der Waals surface area (Å²) in [5, 5.41) is 13.0. The highest BCUT2D eigenvalue weighted by Crippen LogP contribution is 2.32. The van der Waals surface area contributed by atoms with E-state index in [9.17, 15) is 0 Å². The molecule has 0 bridgehead atoms. The van der Waals surface area contributed by atoms with Gasteiger partial charge in [-0.2, -0.15) is 16.4 Å². The number of thiophene rings is 1. The number of hydrogen-bond acceptors (Lipinski definition) is 5. The second-order valence-corrected chi connectivity index (χ2v) is 9.99. The van der Waals surface area contributed by atoms with E-state index in [1.807, 2.05) is 25.4 Å². The summed E-state index contributed by atoms with van der Waals surface area (Å²) in [6, 6.07) is 10.7. The maximum Gasteiger partial charge on any atom is 0.159 e. The van der Waals surface area contributed by atoms with E-state index in [0.29, 0.717) is 0 Å². The number of pyridine rings is 1. The van der Waals surface area contributed by atoms with Crippen molar-refractivity contribution in [3.63, 3.8) is 0 Å². The Morgan fingerprint density at radius 2 is 2.03 bits per heavy atom. The molecule has 4 aromatic heterocycles. The van der Waals surface area contributed by atoms with E-state index >= 15 is 0 Å². The minimum atomic E-state index is 0.742. The molecule has 0 atom stereocenters. The lowest BCUT2D eigenvalue weighted by Gasteiger charge is -2.09. The summed E-state index contributed by atoms with van der Waals surface area (Å²) in [5.74, 6) is 0.742. The topological polar surface area (TPSA) is 73.5 Å². The molecule has 2 N–H and O–H groups in total. The average molecular weight is 495 g/mol. The molecule has 0 aliphatic rings. The van der Waals surface area contributed by atoms with Crippen LogP contribution in [0.3, 0.4) is 0 Å². The van der Waals surface area contributed by atoms with Gasteiger partial charge < -0.3 is 9.88 Å². The summed E-state index contributed by atoms with van der Waals surface area (Å²) >= 11 is 1.67. The van der Waals surface area contributed by atoms with Crippen LogP contribution in [0.15, 0.2) is 72.2 Å². The van der Waals surface area contributed by atoms with Crippen molar-refractivity contribution < 1.29 is 0 Å². The number of rotatable bonds is 9. The smallest absolute Gasteiger partial charge is 0.159 e. The van der Waals surface area contributed by atoms with Crippen molar-refractivity contribution in [2.75, 3.05) is 20.6 Å². The minimum absolute atomic E-state index is 0.742. The van der Waals surface area contributed by atoms with Gasteiger partial charge in [-0.25, -0.2) is 4.98 Å². The number of aromatic amines is 2. The van der Waals surface area contributed by atoms with Crippen molar-refractivity contribution in [3.8, 4) is 22.6 Å². The molecular formula is C29H30N6S. The Morgan fingerprint density at radius 3 is 2.81 bits per heavy atom. The second-order valence-electron chi connectivity index (χ2n) is 9.21. The van der Waals surface area contributed by atoms with Crippen molar-refractivity contribution in [2.45, 2.75) is 19.8 Å². The number of imidazole rings is 1. The summed E-state index contributed by atoms with van der Waals surface area (Å²) in [5.41, 5.74) is 9.33. The number of nitrogens with zero attached hydrogens (tertiary/aromatic N) is 4. The summed E-state index contributed by atoms with van der Waals surface area (Å²) in [4.78, 5) is 15.2. The first-order valence-electron chi connectivity index (χ1n) is 12.0. The zero-order valence-corrected chi connectivity index (χ0v) is 21.7. The number of aromatic nitrogens is 5. The second kappa shape index (κ2) is 10.4. The third-order valence-corrected chi connectivity index (χ3v) is 6.93. The van der Waals surface area contributed by atoms with Crippen molar-refractivity contribution in [3.05, 3.63) is 94.7 Å². The highest BCUT2D eigenvalue weighted by atomic mass is 32.1. The van der Waals surface area contributed by atoms with Crippen molar-refractivity contribution in [1.29, 1.82) is 0 Å². The Morgan fingerprint density at radius 1 is 1.14 bits per heavy atom. The Kier molecular flexibility index (Phi) is 6.93. The molecule has 0 spiro atoms. The molecule has 5 rings (SSSR count). The quantitative estimate of drug-likeness (QED) is 0.230. The fourth-order valence-corrected chi connectivity index (χ4v) is 5.09. The van der Waals surface area contributed by atoms with Gasteiger partial charge in [0.1, 0.15) is 5.69 Å². The summed E-state index contributed by atoms with van der Waals surface area (Å²) in [6.45, 7) is 7.01. The van der Waals surface area contributed by atoms with Crippen LogP contribution in [-0.2, 0) is 6.42 Å². The first-order valence-corrected chi connectivity index (χ1v) is 13.0. The van der Waals surface area contributed by atoms with Crippen molar-refractivity contribution in [1.82, 2.24) is 30.0 Å². The molecule has 0 amide bonds. The van der Waals surface area contributed by atoms with E-state index in [4.69, 9.17) is 4.98 Å². The molecule has 0 unspecified atom stereocenters. The van der Waals surface area contributed by atoms with Crippen LogP contribution in [0.5, 0.6) is 0 Å². The number of fused-ring (bicyclic) bond motifs is 1. The fourth-order valence-electron chi connectivity index (χ4n) is 4.44. The molecule has 0 saturated carbocycles. The van der Waals surface area contributed by atoms with Crippen LogP contribution >= 0.6 is 11.3 Å². The van der Waals surface area contributed by atoms with Gasteiger partial charge in [0.2, 0.25) is 0 Å². The zero-order valence-electron chi connectivity index (χ0n) is 20.9. The number of benzene rings is 1. The van der Waals surface area contributed by atoms with Crippen LogP contribution in [-0.4, -0.2) is 50.7 Å². The van der Waals surface area contributed by atoms with Crippen LogP contribution < -0.4 is 0 Å². The molecule has 0 aliphatic carbocycles. The zero-order chi connectivity index (χ0) is 25.1. The van der Waals surface area contributed by atoms with E-state index in [1.165, 1.54) is 5.56 Å². The van der Waals surface area contributed by atoms with Gasteiger partial charge in [0.25, 0.3) is 0 Å². The molecule has 0 radical (unpaired) electrons. The maximum atomic E-state index is 4.98. The summed E-state index contributed by atoms with van der Waals surface area (Å²) < 4.78 is 0. The number of nitrogens with one attached hydrogen (secondary N) is 2. The third-order valence-electron chi connectivity index (χ3n) is 6.24. The first kappa shape index (κ1) is 23.9. The van der Waals surface area contributed by atoms with E-state index in [-0.39, 0.29) is 0 Å². The summed E-state index contributed by atoms with van der Waals surface area (Å²) in [7, 11) is 4.21. The molecule has 182 valence electrons. The number of aryl methyl sites for hydroxylation is 2. The van der Waals surface area contributed by atoms with Gasteiger partial charge in [0.05, 0.1) is 11.2 Å². The largest absolute Gasteiger partial charge is 0.340 e. The first-order chi connectivity index (χ1) is 17.5. The van der Waals surface area contributed by atoms with Gasteiger partial charge in [-0.3, -0.25) is 10.1 Å².